The second-order valence-electron chi connectivity index (χ2n) is 3.18. The molecule has 1 aliphatic rings. The van der Waals surface area contributed by atoms with Gasteiger partial charge >= 0.3 is 5.97 Å². The average Bonchev–Trinajstić information content (AvgIpc) is 2.18. The molecule has 4 nitrogen and oxygen atoms in total. The summed E-state index contributed by atoms with van der Waals surface area (Å²) in [6.45, 7) is 5.02. The lowest BCUT2D eigenvalue weighted by molar-refractivity contribution is -0.156. The Morgan fingerprint density at radius 2 is 2.07 bits per heavy atom. The van der Waals surface area contributed by atoms with E-state index in [0.717, 1.165) is 25.2 Å². The highest BCUT2D eigenvalue weighted by Gasteiger charge is 2.15. The van der Waals surface area contributed by atoms with E-state index in [-0.39, 0.29) is 18.9 Å². The number of hydrogen-bond acceptors (Lipinski definition) is 4. The fourth-order valence-electron chi connectivity index (χ4n) is 1.14. The highest BCUT2D eigenvalue weighted by molar-refractivity contribution is 5.66. The summed E-state index contributed by atoms with van der Waals surface area (Å²) in [7, 11) is 0. The molecule has 0 saturated carbocycles. The number of rotatable bonds is 3. The summed E-state index contributed by atoms with van der Waals surface area (Å²) < 4.78 is 15.5. The molecule has 80 valence electrons. The van der Waals surface area contributed by atoms with Gasteiger partial charge in [0.2, 0.25) is 0 Å². The van der Waals surface area contributed by atoms with Crippen LogP contribution in [0, 0.1) is 0 Å². The van der Waals surface area contributed by atoms with E-state index in [1.54, 1.807) is 6.08 Å². The SMILES string of the molecule is CC(=O)OC/C=C(\C)C1OCCCO1. The molecule has 1 rings (SSSR count). The van der Waals surface area contributed by atoms with Gasteiger partial charge in [-0.15, -0.1) is 0 Å². The minimum atomic E-state index is -0.278. The first-order valence-corrected chi connectivity index (χ1v) is 4.73. The van der Waals surface area contributed by atoms with Gasteiger partial charge in [-0.05, 0) is 25.0 Å². The average molecular weight is 200 g/mol. The van der Waals surface area contributed by atoms with E-state index in [9.17, 15) is 4.79 Å². The third-order valence-corrected chi connectivity index (χ3v) is 1.89. The highest BCUT2D eigenvalue weighted by Crippen LogP contribution is 2.12. The standard InChI is InChI=1S/C10H16O4/c1-8(4-7-12-9(2)11)10-13-5-3-6-14-10/h4,10H,3,5-7H2,1-2H3/b8-4+. The van der Waals surface area contributed by atoms with Crippen molar-refractivity contribution in [2.75, 3.05) is 19.8 Å². The number of ether oxygens (including phenoxy) is 3. The van der Waals surface area contributed by atoms with Crippen molar-refractivity contribution in [3.05, 3.63) is 11.6 Å². The Morgan fingerprint density at radius 3 is 2.64 bits per heavy atom. The Balaban J connectivity index is 2.30. The van der Waals surface area contributed by atoms with Crippen LogP contribution in [0.3, 0.4) is 0 Å². The van der Waals surface area contributed by atoms with Gasteiger partial charge in [0.1, 0.15) is 6.61 Å². The summed E-state index contributed by atoms with van der Waals surface area (Å²) in [6.07, 6.45) is 2.48. The van der Waals surface area contributed by atoms with Gasteiger partial charge in [0.05, 0.1) is 13.2 Å². The zero-order valence-corrected chi connectivity index (χ0v) is 8.62. The van der Waals surface area contributed by atoms with Gasteiger partial charge in [-0.3, -0.25) is 4.79 Å². The molecule has 1 fully saturated rings. The van der Waals surface area contributed by atoms with Gasteiger partial charge in [0.15, 0.2) is 6.29 Å². The molecule has 0 N–H and O–H groups in total. The van der Waals surface area contributed by atoms with Crippen LogP contribution in [0.2, 0.25) is 0 Å². The van der Waals surface area contributed by atoms with E-state index in [1.807, 2.05) is 6.92 Å². The largest absolute Gasteiger partial charge is 0.462 e. The molecule has 0 bridgehead atoms. The van der Waals surface area contributed by atoms with E-state index < -0.39 is 0 Å². The lowest BCUT2D eigenvalue weighted by Crippen LogP contribution is -2.26. The van der Waals surface area contributed by atoms with Crippen molar-refractivity contribution in [1.82, 2.24) is 0 Å². The molecule has 0 aromatic carbocycles. The Morgan fingerprint density at radius 1 is 1.43 bits per heavy atom. The number of carbonyl (C=O) groups excluding carboxylic acids is 1. The van der Waals surface area contributed by atoms with Crippen LogP contribution in [-0.4, -0.2) is 32.1 Å². The third kappa shape index (κ3) is 3.89. The summed E-state index contributed by atoms with van der Waals surface area (Å²) >= 11 is 0. The van der Waals surface area contributed by atoms with Crippen LogP contribution >= 0.6 is 0 Å². The molecule has 0 atom stereocenters. The van der Waals surface area contributed by atoms with Crippen LogP contribution in [-0.2, 0) is 19.0 Å². The minimum Gasteiger partial charge on any atom is -0.462 e. The molecule has 0 spiro atoms. The van der Waals surface area contributed by atoms with Crippen molar-refractivity contribution in [3.63, 3.8) is 0 Å². The Bertz CT molecular complexity index is 216. The summed E-state index contributed by atoms with van der Waals surface area (Å²) in [5, 5.41) is 0. The predicted octanol–water partition coefficient (Wildman–Crippen LogP) is 1.26. The molecular formula is C10H16O4. The maximum Gasteiger partial charge on any atom is 0.302 e. The fraction of sp³-hybridized carbons (Fsp3) is 0.700. The maximum atomic E-state index is 10.5. The zero-order valence-electron chi connectivity index (χ0n) is 8.62. The third-order valence-electron chi connectivity index (χ3n) is 1.89. The molecule has 14 heavy (non-hydrogen) atoms. The topological polar surface area (TPSA) is 44.8 Å². The van der Waals surface area contributed by atoms with Crippen molar-refractivity contribution >= 4 is 5.97 Å². The molecule has 0 aromatic heterocycles. The van der Waals surface area contributed by atoms with Crippen LogP contribution in [0.5, 0.6) is 0 Å². The predicted molar refractivity (Wildman–Crippen MR) is 50.7 cm³/mol. The van der Waals surface area contributed by atoms with E-state index in [0.29, 0.717) is 0 Å². The van der Waals surface area contributed by atoms with E-state index in [2.05, 4.69) is 0 Å². The monoisotopic (exact) mass is 200 g/mol. The van der Waals surface area contributed by atoms with Crippen LogP contribution in [0.25, 0.3) is 0 Å². The molecule has 0 amide bonds. The summed E-state index contributed by atoms with van der Waals surface area (Å²) in [6, 6.07) is 0. The first-order valence-electron chi connectivity index (χ1n) is 4.73. The lowest BCUT2D eigenvalue weighted by Gasteiger charge is -2.23. The van der Waals surface area contributed by atoms with E-state index in [1.165, 1.54) is 6.92 Å². The van der Waals surface area contributed by atoms with Gasteiger partial charge in [-0.1, -0.05) is 0 Å². The number of carbonyl (C=O) groups is 1. The molecule has 4 heteroatoms. The minimum absolute atomic E-state index is 0.265. The normalized spacial score (nSPS) is 19.4. The van der Waals surface area contributed by atoms with Crippen LogP contribution < -0.4 is 0 Å². The fourth-order valence-corrected chi connectivity index (χ4v) is 1.14. The van der Waals surface area contributed by atoms with E-state index in [4.69, 9.17) is 14.2 Å². The van der Waals surface area contributed by atoms with Crippen LogP contribution in [0.4, 0.5) is 0 Å². The highest BCUT2D eigenvalue weighted by atomic mass is 16.7. The Labute approximate surface area is 83.8 Å². The van der Waals surface area contributed by atoms with Gasteiger partial charge in [0, 0.05) is 6.92 Å². The Hall–Kier alpha value is -0.870. The number of esters is 1. The maximum absolute atomic E-state index is 10.5. The molecule has 0 unspecified atom stereocenters. The number of hydrogen-bond donors (Lipinski definition) is 0. The molecule has 1 aliphatic heterocycles. The molecule has 0 aliphatic carbocycles. The summed E-state index contributed by atoms with van der Waals surface area (Å²) in [4.78, 5) is 10.5. The molecule has 0 aromatic rings. The summed E-state index contributed by atoms with van der Waals surface area (Å²) in [5.74, 6) is -0.278. The zero-order chi connectivity index (χ0) is 10.4. The van der Waals surface area contributed by atoms with Gasteiger partial charge in [-0.2, -0.15) is 0 Å². The van der Waals surface area contributed by atoms with Gasteiger partial charge in [0.25, 0.3) is 0 Å². The van der Waals surface area contributed by atoms with Gasteiger partial charge in [-0.25, -0.2) is 0 Å². The van der Waals surface area contributed by atoms with E-state index >= 15 is 0 Å². The molecular weight excluding hydrogens is 184 g/mol. The first kappa shape index (κ1) is 11.2. The van der Waals surface area contributed by atoms with Crippen LogP contribution in [0.15, 0.2) is 11.6 Å². The van der Waals surface area contributed by atoms with Crippen molar-refractivity contribution < 1.29 is 19.0 Å². The molecule has 1 saturated heterocycles. The molecule has 1 heterocycles. The van der Waals surface area contributed by atoms with Crippen LogP contribution in [0.1, 0.15) is 20.3 Å². The van der Waals surface area contributed by atoms with Crippen molar-refractivity contribution in [3.8, 4) is 0 Å². The lowest BCUT2D eigenvalue weighted by atomic mass is 10.2. The second-order valence-corrected chi connectivity index (χ2v) is 3.18. The first-order chi connectivity index (χ1) is 6.70. The molecule has 0 radical (unpaired) electrons. The van der Waals surface area contributed by atoms with Crippen molar-refractivity contribution in [1.29, 1.82) is 0 Å². The van der Waals surface area contributed by atoms with Crippen molar-refractivity contribution in [2.45, 2.75) is 26.6 Å². The van der Waals surface area contributed by atoms with Crippen molar-refractivity contribution in [2.24, 2.45) is 0 Å². The Kier molecular flexibility index (Phi) is 4.62. The smallest absolute Gasteiger partial charge is 0.302 e. The summed E-state index contributed by atoms with van der Waals surface area (Å²) in [5.41, 5.74) is 0.950. The second kappa shape index (κ2) is 5.78. The quantitative estimate of drug-likeness (QED) is 0.508. The van der Waals surface area contributed by atoms with Gasteiger partial charge < -0.3 is 14.2 Å².